The highest BCUT2D eigenvalue weighted by atomic mass is 32.1. The van der Waals surface area contributed by atoms with Crippen molar-refractivity contribution in [1.29, 1.82) is 0 Å². The fraction of sp³-hybridized carbons (Fsp3) is 0.333. The van der Waals surface area contributed by atoms with Crippen LogP contribution in [-0.2, 0) is 19.6 Å². The summed E-state index contributed by atoms with van der Waals surface area (Å²) >= 11 is 1.62. The Labute approximate surface area is 105 Å². The van der Waals surface area contributed by atoms with Crippen LogP contribution in [0.15, 0.2) is 29.8 Å². The lowest BCUT2D eigenvalue weighted by Crippen LogP contribution is -2.18. The highest BCUT2D eigenvalue weighted by Gasteiger charge is 2.05. The molecule has 0 saturated carbocycles. The molecule has 0 bridgehead atoms. The Bertz CT molecular complexity index is 455. The van der Waals surface area contributed by atoms with Gasteiger partial charge in [0.15, 0.2) is 0 Å². The zero-order valence-corrected chi connectivity index (χ0v) is 10.7. The quantitative estimate of drug-likeness (QED) is 0.873. The van der Waals surface area contributed by atoms with Crippen LogP contribution < -0.4 is 5.73 Å². The summed E-state index contributed by atoms with van der Waals surface area (Å²) in [5.41, 5.74) is 7.69. The van der Waals surface area contributed by atoms with Crippen LogP contribution in [0.25, 0.3) is 0 Å². The molecular weight excluding hydrogens is 232 g/mol. The van der Waals surface area contributed by atoms with Gasteiger partial charge >= 0.3 is 0 Å². The summed E-state index contributed by atoms with van der Waals surface area (Å²) in [7, 11) is 2.07. The van der Waals surface area contributed by atoms with Crippen molar-refractivity contribution in [3.63, 3.8) is 0 Å². The first-order valence-corrected chi connectivity index (χ1v) is 6.37. The highest BCUT2D eigenvalue weighted by molar-refractivity contribution is 7.09. The van der Waals surface area contributed by atoms with Gasteiger partial charge in [-0.1, -0.05) is 6.07 Å². The van der Waals surface area contributed by atoms with Crippen molar-refractivity contribution in [3.8, 4) is 0 Å². The summed E-state index contributed by atoms with van der Waals surface area (Å²) in [4.78, 5) is 10.9. The molecule has 0 unspecified atom stereocenters. The molecule has 0 radical (unpaired) electrons. The molecule has 2 rings (SSSR count). The molecule has 0 fully saturated rings. The molecule has 2 aromatic rings. The van der Waals surface area contributed by atoms with Crippen molar-refractivity contribution in [2.24, 2.45) is 5.73 Å². The third-order valence-corrected chi connectivity index (χ3v) is 3.28. The molecule has 5 heteroatoms. The van der Waals surface area contributed by atoms with Crippen LogP contribution in [0.4, 0.5) is 0 Å². The standard InChI is InChI=1S/C12H16N4S/c1-16(7-10-4-2-3-5-14-10)8-11-9-17-12(6-13)15-11/h2-5,9H,6-8,13H2,1H3. The van der Waals surface area contributed by atoms with Gasteiger partial charge in [-0.15, -0.1) is 11.3 Å². The fourth-order valence-corrected chi connectivity index (χ4v) is 2.28. The van der Waals surface area contributed by atoms with Crippen LogP contribution in [0.1, 0.15) is 16.4 Å². The number of hydrogen-bond donors (Lipinski definition) is 1. The van der Waals surface area contributed by atoms with E-state index in [0.717, 1.165) is 29.5 Å². The molecule has 0 aliphatic carbocycles. The van der Waals surface area contributed by atoms with Gasteiger partial charge in [-0.05, 0) is 19.2 Å². The molecular formula is C12H16N4S. The second kappa shape index (κ2) is 5.86. The normalized spacial score (nSPS) is 11.0. The highest BCUT2D eigenvalue weighted by Crippen LogP contribution is 2.11. The molecule has 0 aliphatic rings. The average Bonchev–Trinajstić information content (AvgIpc) is 2.78. The van der Waals surface area contributed by atoms with E-state index >= 15 is 0 Å². The maximum Gasteiger partial charge on any atom is 0.106 e. The molecule has 0 saturated heterocycles. The summed E-state index contributed by atoms with van der Waals surface area (Å²) < 4.78 is 0. The van der Waals surface area contributed by atoms with E-state index in [4.69, 9.17) is 5.73 Å². The van der Waals surface area contributed by atoms with E-state index in [1.54, 1.807) is 11.3 Å². The lowest BCUT2D eigenvalue weighted by molar-refractivity contribution is 0.311. The third kappa shape index (κ3) is 3.59. The molecule has 0 spiro atoms. The third-order valence-electron chi connectivity index (χ3n) is 2.36. The largest absolute Gasteiger partial charge is 0.325 e. The van der Waals surface area contributed by atoms with Gasteiger partial charge < -0.3 is 5.73 Å². The molecule has 0 aromatic carbocycles. The smallest absolute Gasteiger partial charge is 0.106 e. The second-order valence-corrected chi connectivity index (χ2v) is 4.87. The molecule has 0 amide bonds. The minimum Gasteiger partial charge on any atom is -0.325 e. The number of thiazole rings is 1. The van der Waals surface area contributed by atoms with Crippen LogP contribution in [-0.4, -0.2) is 21.9 Å². The minimum absolute atomic E-state index is 0.522. The number of pyridine rings is 1. The summed E-state index contributed by atoms with van der Waals surface area (Å²) in [6.07, 6.45) is 1.82. The van der Waals surface area contributed by atoms with Crippen molar-refractivity contribution >= 4 is 11.3 Å². The van der Waals surface area contributed by atoms with Gasteiger partial charge in [-0.3, -0.25) is 9.88 Å². The Morgan fingerprint density at radius 1 is 1.29 bits per heavy atom. The number of nitrogens with two attached hydrogens (primary N) is 1. The van der Waals surface area contributed by atoms with Gasteiger partial charge in [0.2, 0.25) is 0 Å². The first kappa shape index (κ1) is 12.2. The van der Waals surface area contributed by atoms with E-state index < -0.39 is 0 Å². The van der Waals surface area contributed by atoms with Gasteiger partial charge in [0.05, 0.1) is 11.4 Å². The van der Waals surface area contributed by atoms with Gasteiger partial charge in [-0.25, -0.2) is 4.98 Å². The maximum absolute atomic E-state index is 5.54. The van der Waals surface area contributed by atoms with Gasteiger partial charge in [-0.2, -0.15) is 0 Å². The molecule has 0 atom stereocenters. The fourth-order valence-electron chi connectivity index (χ4n) is 1.62. The van der Waals surface area contributed by atoms with Crippen molar-refractivity contribution in [1.82, 2.24) is 14.9 Å². The maximum atomic E-state index is 5.54. The van der Waals surface area contributed by atoms with Gasteiger partial charge in [0.25, 0.3) is 0 Å². The molecule has 4 nitrogen and oxygen atoms in total. The van der Waals surface area contributed by atoms with Crippen LogP contribution >= 0.6 is 11.3 Å². The van der Waals surface area contributed by atoms with Crippen molar-refractivity contribution in [3.05, 3.63) is 46.2 Å². The van der Waals surface area contributed by atoms with Crippen molar-refractivity contribution < 1.29 is 0 Å². The first-order valence-electron chi connectivity index (χ1n) is 5.49. The van der Waals surface area contributed by atoms with E-state index in [1.807, 2.05) is 24.4 Å². The Balaban J connectivity index is 1.91. The minimum atomic E-state index is 0.522. The summed E-state index contributed by atoms with van der Waals surface area (Å²) in [5, 5.41) is 3.06. The van der Waals surface area contributed by atoms with Crippen molar-refractivity contribution in [2.75, 3.05) is 7.05 Å². The number of nitrogens with zero attached hydrogens (tertiary/aromatic N) is 3. The summed E-state index contributed by atoms with van der Waals surface area (Å²) in [6.45, 7) is 2.18. The summed E-state index contributed by atoms with van der Waals surface area (Å²) in [6, 6.07) is 5.96. The number of rotatable bonds is 5. The van der Waals surface area contributed by atoms with Gasteiger partial charge in [0.1, 0.15) is 5.01 Å². The van der Waals surface area contributed by atoms with Crippen LogP contribution in [0.3, 0.4) is 0 Å². The van der Waals surface area contributed by atoms with E-state index in [9.17, 15) is 0 Å². The van der Waals surface area contributed by atoms with Crippen molar-refractivity contribution in [2.45, 2.75) is 19.6 Å². The number of aromatic nitrogens is 2. The lowest BCUT2D eigenvalue weighted by Gasteiger charge is -2.14. The Kier molecular flexibility index (Phi) is 4.19. The first-order chi connectivity index (χ1) is 8.28. The van der Waals surface area contributed by atoms with Crippen LogP contribution in [0.2, 0.25) is 0 Å². The van der Waals surface area contributed by atoms with E-state index in [1.165, 1.54) is 0 Å². The molecule has 17 heavy (non-hydrogen) atoms. The zero-order valence-electron chi connectivity index (χ0n) is 9.84. The molecule has 2 heterocycles. The lowest BCUT2D eigenvalue weighted by atomic mass is 10.3. The Morgan fingerprint density at radius 3 is 2.76 bits per heavy atom. The van der Waals surface area contributed by atoms with Gasteiger partial charge in [0, 0.05) is 31.2 Å². The Hall–Kier alpha value is -1.30. The average molecular weight is 248 g/mol. The molecule has 90 valence electrons. The zero-order chi connectivity index (χ0) is 12.1. The predicted molar refractivity (Wildman–Crippen MR) is 69.4 cm³/mol. The van der Waals surface area contributed by atoms with Crippen LogP contribution in [0, 0.1) is 0 Å². The van der Waals surface area contributed by atoms with E-state index in [0.29, 0.717) is 6.54 Å². The van der Waals surface area contributed by atoms with Crippen LogP contribution in [0.5, 0.6) is 0 Å². The number of hydrogen-bond acceptors (Lipinski definition) is 5. The predicted octanol–water partition coefficient (Wildman–Crippen LogP) is 1.63. The molecule has 0 aliphatic heterocycles. The SMILES string of the molecule is CN(Cc1ccccn1)Cc1csc(CN)n1. The monoisotopic (exact) mass is 248 g/mol. The molecule has 2 aromatic heterocycles. The Morgan fingerprint density at radius 2 is 2.12 bits per heavy atom. The topological polar surface area (TPSA) is 55.0 Å². The second-order valence-electron chi connectivity index (χ2n) is 3.93. The molecule has 2 N–H and O–H groups in total. The summed E-state index contributed by atoms with van der Waals surface area (Å²) in [5.74, 6) is 0. The van der Waals surface area contributed by atoms with E-state index in [-0.39, 0.29) is 0 Å². The van der Waals surface area contributed by atoms with E-state index in [2.05, 4.69) is 27.3 Å².